The zero-order valence-corrected chi connectivity index (χ0v) is 17.2. The Morgan fingerprint density at radius 2 is 1.81 bits per heavy atom. The number of fused-ring (bicyclic) bond motifs is 2. The number of anilines is 1. The van der Waals surface area contributed by atoms with Crippen LogP contribution in [0, 0.1) is 16.7 Å². The maximum atomic E-state index is 10.6. The van der Waals surface area contributed by atoms with E-state index in [1.165, 1.54) is 24.9 Å². The number of β-amino-alcohol motifs (C(OH)–C–C–N with tert-alkyl or cyclic N) is 1. The van der Waals surface area contributed by atoms with Crippen molar-refractivity contribution in [1.82, 2.24) is 4.90 Å². The van der Waals surface area contributed by atoms with Crippen molar-refractivity contribution < 1.29 is 9.84 Å². The lowest BCUT2D eigenvalue weighted by molar-refractivity contribution is -0.113. The van der Waals surface area contributed by atoms with Gasteiger partial charge in [0.1, 0.15) is 0 Å². The highest BCUT2D eigenvalue weighted by atomic mass is 16.5. The number of para-hydroxylation sites is 1. The van der Waals surface area contributed by atoms with E-state index in [-0.39, 0.29) is 11.5 Å². The van der Waals surface area contributed by atoms with Crippen LogP contribution in [-0.4, -0.2) is 61.5 Å². The number of aliphatic hydroxyl groups is 1. The molecule has 0 spiro atoms. The molecule has 3 fully saturated rings. The molecule has 4 rings (SSSR count). The van der Waals surface area contributed by atoms with Gasteiger partial charge < -0.3 is 14.7 Å². The van der Waals surface area contributed by atoms with E-state index in [0.29, 0.717) is 12.0 Å². The SMILES string of the molecule is CC12CCC(C1)C(C)(C)C2OCC(O)CN1CCN(c2ccccc2)CC1. The molecule has 27 heavy (non-hydrogen) atoms. The van der Waals surface area contributed by atoms with Gasteiger partial charge in [-0.25, -0.2) is 0 Å². The first-order valence-electron chi connectivity index (χ1n) is 10.7. The molecule has 2 saturated carbocycles. The molecule has 1 heterocycles. The quantitative estimate of drug-likeness (QED) is 0.830. The first-order valence-corrected chi connectivity index (χ1v) is 10.7. The minimum absolute atomic E-state index is 0.244. The summed E-state index contributed by atoms with van der Waals surface area (Å²) < 4.78 is 6.36. The number of nitrogens with zero attached hydrogens (tertiary/aromatic N) is 2. The summed E-state index contributed by atoms with van der Waals surface area (Å²) in [6.07, 6.45) is 3.81. The summed E-state index contributed by atoms with van der Waals surface area (Å²) in [5.74, 6) is 0.788. The van der Waals surface area contributed by atoms with Gasteiger partial charge in [-0.3, -0.25) is 4.90 Å². The van der Waals surface area contributed by atoms with E-state index in [4.69, 9.17) is 4.74 Å². The van der Waals surface area contributed by atoms with E-state index < -0.39 is 6.10 Å². The highest BCUT2D eigenvalue weighted by molar-refractivity contribution is 5.46. The van der Waals surface area contributed by atoms with Crippen molar-refractivity contribution in [3.63, 3.8) is 0 Å². The van der Waals surface area contributed by atoms with Crippen molar-refractivity contribution in [2.45, 2.75) is 52.2 Å². The first kappa shape index (κ1) is 19.2. The molecule has 150 valence electrons. The van der Waals surface area contributed by atoms with Gasteiger partial charge in [-0.05, 0) is 48.1 Å². The van der Waals surface area contributed by atoms with Gasteiger partial charge in [0.2, 0.25) is 0 Å². The smallest absolute Gasteiger partial charge is 0.0900 e. The Labute approximate surface area is 164 Å². The Hall–Kier alpha value is -1.10. The second-order valence-electron chi connectivity index (χ2n) is 9.91. The fourth-order valence-electron chi connectivity index (χ4n) is 6.06. The molecule has 4 nitrogen and oxygen atoms in total. The van der Waals surface area contributed by atoms with E-state index in [1.54, 1.807) is 0 Å². The monoisotopic (exact) mass is 372 g/mol. The number of ether oxygens (including phenoxy) is 1. The summed E-state index contributed by atoms with van der Waals surface area (Å²) in [5, 5.41) is 10.6. The first-order chi connectivity index (χ1) is 12.9. The molecule has 0 amide bonds. The molecule has 2 aliphatic carbocycles. The van der Waals surface area contributed by atoms with Crippen LogP contribution < -0.4 is 4.90 Å². The molecule has 3 aliphatic rings. The topological polar surface area (TPSA) is 35.9 Å². The Morgan fingerprint density at radius 3 is 2.44 bits per heavy atom. The lowest BCUT2D eigenvalue weighted by atomic mass is 9.70. The summed E-state index contributed by atoms with van der Waals surface area (Å²) in [7, 11) is 0. The van der Waals surface area contributed by atoms with Crippen LogP contribution in [0.4, 0.5) is 5.69 Å². The van der Waals surface area contributed by atoms with Crippen LogP contribution in [0.15, 0.2) is 30.3 Å². The molecule has 1 aliphatic heterocycles. The number of hydrogen-bond donors (Lipinski definition) is 1. The van der Waals surface area contributed by atoms with Crippen molar-refractivity contribution in [2.75, 3.05) is 44.2 Å². The molecule has 4 heteroatoms. The summed E-state index contributed by atoms with van der Waals surface area (Å²) in [4.78, 5) is 4.80. The van der Waals surface area contributed by atoms with Crippen molar-refractivity contribution >= 4 is 5.69 Å². The third-order valence-corrected chi connectivity index (χ3v) is 7.56. The highest BCUT2D eigenvalue weighted by Crippen LogP contribution is 2.63. The molecule has 2 bridgehead atoms. The maximum absolute atomic E-state index is 10.6. The van der Waals surface area contributed by atoms with Crippen LogP contribution in [0.2, 0.25) is 0 Å². The molecular formula is C23H36N2O2. The molecule has 4 unspecified atom stereocenters. The molecule has 1 aromatic carbocycles. The molecule has 0 radical (unpaired) electrons. The van der Waals surface area contributed by atoms with Crippen LogP contribution in [0.25, 0.3) is 0 Å². The fourth-order valence-corrected chi connectivity index (χ4v) is 6.06. The Balaban J connectivity index is 1.23. The van der Waals surface area contributed by atoms with Gasteiger partial charge in [-0.1, -0.05) is 39.0 Å². The molecule has 4 atom stereocenters. The Kier molecular flexibility index (Phi) is 5.26. The third-order valence-electron chi connectivity index (χ3n) is 7.56. The lowest BCUT2D eigenvalue weighted by Gasteiger charge is -2.43. The average molecular weight is 373 g/mol. The van der Waals surface area contributed by atoms with Gasteiger partial charge in [0.25, 0.3) is 0 Å². The molecule has 0 aromatic heterocycles. The van der Waals surface area contributed by atoms with Crippen molar-refractivity contribution in [2.24, 2.45) is 16.7 Å². The molecule has 1 N–H and O–H groups in total. The number of benzene rings is 1. The number of piperazine rings is 1. The number of aliphatic hydroxyl groups excluding tert-OH is 1. The van der Waals surface area contributed by atoms with E-state index in [0.717, 1.165) is 38.6 Å². The molecular weight excluding hydrogens is 336 g/mol. The summed E-state index contributed by atoms with van der Waals surface area (Å²) in [5.41, 5.74) is 1.86. The average Bonchev–Trinajstić information content (AvgIpc) is 3.14. The standard InChI is InChI=1S/C23H36N2O2/c1-22(2)18-9-10-23(3,15-18)21(22)27-17-20(26)16-24-11-13-25(14-12-24)19-7-5-4-6-8-19/h4-8,18,20-21,26H,9-17H2,1-3H3. The van der Waals surface area contributed by atoms with Gasteiger partial charge in [0.05, 0.1) is 18.8 Å². The van der Waals surface area contributed by atoms with Crippen LogP contribution in [-0.2, 0) is 4.74 Å². The van der Waals surface area contributed by atoms with Gasteiger partial charge in [-0.15, -0.1) is 0 Å². The van der Waals surface area contributed by atoms with Crippen molar-refractivity contribution in [3.05, 3.63) is 30.3 Å². The number of rotatable bonds is 6. The van der Waals surface area contributed by atoms with Crippen LogP contribution >= 0.6 is 0 Å². The second kappa shape index (κ2) is 7.38. The zero-order valence-electron chi connectivity index (χ0n) is 17.2. The maximum Gasteiger partial charge on any atom is 0.0900 e. The summed E-state index contributed by atoms with van der Waals surface area (Å²) >= 11 is 0. The predicted molar refractivity (Wildman–Crippen MR) is 110 cm³/mol. The predicted octanol–water partition coefficient (Wildman–Crippen LogP) is 3.40. The van der Waals surface area contributed by atoms with Crippen LogP contribution in [0.3, 0.4) is 0 Å². The lowest BCUT2D eigenvalue weighted by Crippen LogP contribution is -2.50. The largest absolute Gasteiger partial charge is 0.389 e. The van der Waals surface area contributed by atoms with E-state index in [1.807, 2.05) is 0 Å². The van der Waals surface area contributed by atoms with E-state index in [9.17, 15) is 5.11 Å². The van der Waals surface area contributed by atoms with Gasteiger partial charge in [0.15, 0.2) is 0 Å². The van der Waals surface area contributed by atoms with Gasteiger partial charge in [-0.2, -0.15) is 0 Å². The summed E-state index contributed by atoms with van der Waals surface area (Å²) in [6, 6.07) is 10.6. The van der Waals surface area contributed by atoms with Crippen LogP contribution in [0.1, 0.15) is 40.0 Å². The van der Waals surface area contributed by atoms with Gasteiger partial charge in [0, 0.05) is 38.4 Å². The Bertz CT molecular complexity index is 622. The molecule has 1 saturated heterocycles. The van der Waals surface area contributed by atoms with Crippen molar-refractivity contribution in [3.8, 4) is 0 Å². The second-order valence-corrected chi connectivity index (χ2v) is 9.91. The van der Waals surface area contributed by atoms with Gasteiger partial charge >= 0.3 is 0 Å². The van der Waals surface area contributed by atoms with E-state index >= 15 is 0 Å². The third kappa shape index (κ3) is 3.76. The molecule has 1 aromatic rings. The summed E-state index contributed by atoms with van der Waals surface area (Å²) in [6.45, 7) is 12.3. The van der Waals surface area contributed by atoms with Crippen LogP contribution in [0.5, 0.6) is 0 Å². The minimum atomic E-state index is -0.396. The van der Waals surface area contributed by atoms with E-state index in [2.05, 4.69) is 60.9 Å². The zero-order chi connectivity index (χ0) is 19.1. The highest BCUT2D eigenvalue weighted by Gasteiger charge is 2.60. The Morgan fingerprint density at radius 1 is 1.11 bits per heavy atom. The fraction of sp³-hybridized carbons (Fsp3) is 0.739. The normalized spacial score (nSPS) is 34.1. The number of hydrogen-bond acceptors (Lipinski definition) is 4. The minimum Gasteiger partial charge on any atom is -0.389 e. The van der Waals surface area contributed by atoms with Crippen molar-refractivity contribution in [1.29, 1.82) is 0 Å².